The van der Waals surface area contributed by atoms with Crippen LogP contribution in [0.5, 0.6) is 0 Å². The fraction of sp³-hybridized carbons (Fsp3) is 0.200. The maximum absolute atomic E-state index is 11.1. The van der Waals surface area contributed by atoms with Gasteiger partial charge in [0.25, 0.3) is 0 Å². The van der Waals surface area contributed by atoms with Crippen molar-refractivity contribution in [1.82, 2.24) is 4.98 Å². The smallest absolute Gasteiger partial charge is 0.310 e. The molecule has 0 bridgehead atoms. The highest BCUT2D eigenvalue weighted by molar-refractivity contribution is 5.84. The molecule has 0 spiro atoms. The van der Waals surface area contributed by atoms with Gasteiger partial charge in [-0.3, -0.25) is 19.9 Å². The Bertz CT molecular complexity index is 414. The van der Waals surface area contributed by atoms with Crippen molar-refractivity contribution in [1.29, 1.82) is 0 Å². The molecule has 0 amide bonds. The van der Waals surface area contributed by atoms with Crippen LogP contribution in [-0.4, -0.2) is 23.0 Å². The number of esters is 1. The minimum Gasteiger partial charge on any atom is -0.469 e. The second-order valence-electron chi connectivity index (χ2n) is 2.93. The summed E-state index contributed by atoms with van der Waals surface area (Å²) in [5.74, 6) is -0.531. The van der Waals surface area contributed by atoms with E-state index in [0.717, 1.165) is 6.20 Å². The van der Waals surface area contributed by atoms with E-state index >= 15 is 0 Å². The van der Waals surface area contributed by atoms with E-state index < -0.39 is 10.9 Å². The third-order valence-corrected chi connectivity index (χ3v) is 1.86. The Morgan fingerprint density at radius 1 is 1.69 bits per heavy atom. The zero-order valence-corrected chi connectivity index (χ0v) is 8.62. The molecule has 0 saturated carbocycles. The molecule has 0 saturated heterocycles. The topological polar surface area (TPSA) is 82.3 Å². The molecule has 0 fully saturated rings. The summed E-state index contributed by atoms with van der Waals surface area (Å²) in [5, 5.41) is 10.4. The van der Waals surface area contributed by atoms with E-state index in [0.29, 0.717) is 5.56 Å². The molecule has 84 valence electrons. The molecule has 16 heavy (non-hydrogen) atoms. The van der Waals surface area contributed by atoms with E-state index in [1.807, 2.05) is 0 Å². The van der Waals surface area contributed by atoms with Gasteiger partial charge >= 0.3 is 5.97 Å². The number of carbonyl (C=O) groups is 1. The number of ether oxygens (including phenoxy) is 1. The molecule has 0 aromatic carbocycles. The standard InChI is InChI=1S/C10H10N2O4/c1-16-10(13)5-9(7-12(14)15)8-3-2-4-11-6-8/h2-4,6-7H,5H2,1H3/b9-7+. The van der Waals surface area contributed by atoms with Crippen molar-refractivity contribution >= 4 is 11.5 Å². The van der Waals surface area contributed by atoms with Crippen molar-refractivity contribution in [2.45, 2.75) is 6.42 Å². The Kier molecular flexibility index (Phi) is 4.14. The summed E-state index contributed by atoms with van der Waals surface area (Å²) >= 11 is 0. The third kappa shape index (κ3) is 3.49. The molecule has 1 aromatic rings. The fourth-order valence-electron chi connectivity index (χ4n) is 1.13. The molecule has 0 N–H and O–H groups in total. The zero-order valence-electron chi connectivity index (χ0n) is 8.62. The summed E-state index contributed by atoms with van der Waals surface area (Å²) in [6.07, 6.45) is 3.64. The van der Waals surface area contributed by atoms with Gasteiger partial charge < -0.3 is 4.74 Å². The number of rotatable bonds is 4. The lowest BCUT2D eigenvalue weighted by Crippen LogP contribution is -2.03. The van der Waals surface area contributed by atoms with Gasteiger partial charge in [0.2, 0.25) is 6.20 Å². The quantitative estimate of drug-likeness (QED) is 0.435. The average Bonchev–Trinajstić information content (AvgIpc) is 2.28. The molecule has 6 heteroatoms. The van der Waals surface area contributed by atoms with Gasteiger partial charge in [0, 0.05) is 23.5 Å². The van der Waals surface area contributed by atoms with E-state index in [1.54, 1.807) is 18.3 Å². The number of hydrogen-bond acceptors (Lipinski definition) is 5. The number of aromatic nitrogens is 1. The van der Waals surface area contributed by atoms with Crippen molar-refractivity contribution in [3.63, 3.8) is 0 Å². The van der Waals surface area contributed by atoms with Gasteiger partial charge in [-0.05, 0) is 6.07 Å². The average molecular weight is 222 g/mol. The van der Waals surface area contributed by atoms with E-state index in [2.05, 4.69) is 9.72 Å². The summed E-state index contributed by atoms with van der Waals surface area (Å²) in [6.45, 7) is 0. The van der Waals surface area contributed by atoms with Crippen LogP contribution in [0.2, 0.25) is 0 Å². The van der Waals surface area contributed by atoms with Crippen LogP contribution in [0.25, 0.3) is 5.57 Å². The van der Waals surface area contributed by atoms with Crippen LogP contribution in [-0.2, 0) is 9.53 Å². The predicted molar refractivity (Wildman–Crippen MR) is 55.8 cm³/mol. The monoisotopic (exact) mass is 222 g/mol. The van der Waals surface area contributed by atoms with Gasteiger partial charge in [-0.2, -0.15) is 0 Å². The van der Waals surface area contributed by atoms with E-state index in [1.165, 1.54) is 13.3 Å². The normalized spacial score (nSPS) is 10.9. The molecule has 0 atom stereocenters. The SMILES string of the molecule is COC(=O)C/C(=C\[N+](=O)[O-])c1cccnc1. The summed E-state index contributed by atoms with van der Waals surface area (Å²) in [7, 11) is 1.23. The minimum absolute atomic E-state index is 0.150. The van der Waals surface area contributed by atoms with Crippen LogP contribution in [0.15, 0.2) is 30.7 Å². The first-order valence-corrected chi connectivity index (χ1v) is 4.45. The molecule has 6 nitrogen and oxygen atoms in total. The molecular weight excluding hydrogens is 212 g/mol. The van der Waals surface area contributed by atoms with Crippen LogP contribution in [0, 0.1) is 10.1 Å². The van der Waals surface area contributed by atoms with Crippen molar-refractivity contribution < 1.29 is 14.5 Å². The molecular formula is C10H10N2O4. The van der Waals surface area contributed by atoms with E-state index in [4.69, 9.17) is 0 Å². The highest BCUT2D eigenvalue weighted by Crippen LogP contribution is 2.17. The summed E-state index contributed by atoms with van der Waals surface area (Å²) in [5.41, 5.74) is 0.801. The van der Waals surface area contributed by atoms with Crippen molar-refractivity contribution in [3.8, 4) is 0 Å². The molecule has 0 aliphatic heterocycles. The third-order valence-electron chi connectivity index (χ3n) is 1.86. The van der Waals surface area contributed by atoms with Crippen LogP contribution in [0.3, 0.4) is 0 Å². The molecule has 1 rings (SSSR count). The van der Waals surface area contributed by atoms with Gasteiger partial charge in [0.15, 0.2) is 0 Å². The molecule has 0 unspecified atom stereocenters. The zero-order chi connectivity index (χ0) is 12.0. The number of nitrogens with zero attached hydrogens (tertiary/aromatic N) is 2. The summed E-state index contributed by atoms with van der Waals surface area (Å²) < 4.78 is 4.46. The van der Waals surface area contributed by atoms with Crippen LogP contribution in [0.4, 0.5) is 0 Å². The first kappa shape index (κ1) is 11.8. The van der Waals surface area contributed by atoms with Crippen LogP contribution < -0.4 is 0 Å². The van der Waals surface area contributed by atoms with Crippen LogP contribution >= 0.6 is 0 Å². The second-order valence-corrected chi connectivity index (χ2v) is 2.93. The number of carbonyl (C=O) groups excluding carboxylic acids is 1. The van der Waals surface area contributed by atoms with E-state index in [9.17, 15) is 14.9 Å². The first-order valence-electron chi connectivity index (χ1n) is 4.45. The summed E-state index contributed by atoms with van der Waals surface area (Å²) in [6, 6.07) is 3.28. The van der Waals surface area contributed by atoms with E-state index in [-0.39, 0.29) is 12.0 Å². The lowest BCUT2D eigenvalue weighted by atomic mass is 10.1. The molecule has 1 aromatic heterocycles. The second kappa shape index (κ2) is 5.59. The highest BCUT2D eigenvalue weighted by Gasteiger charge is 2.12. The van der Waals surface area contributed by atoms with Crippen molar-refractivity contribution in [2.24, 2.45) is 0 Å². The maximum Gasteiger partial charge on any atom is 0.310 e. The van der Waals surface area contributed by atoms with Gasteiger partial charge in [0.05, 0.1) is 18.5 Å². The molecule has 0 aliphatic rings. The van der Waals surface area contributed by atoms with Gasteiger partial charge in [-0.15, -0.1) is 0 Å². The minimum atomic E-state index is -0.606. The molecule has 1 heterocycles. The number of methoxy groups -OCH3 is 1. The van der Waals surface area contributed by atoms with Crippen molar-refractivity contribution in [2.75, 3.05) is 7.11 Å². The van der Waals surface area contributed by atoms with Gasteiger partial charge in [0.1, 0.15) is 0 Å². The maximum atomic E-state index is 11.1. The Balaban J connectivity index is 2.98. The highest BCUT2D eigenvalue weighted by atomic mass is 16.6. The first-order chi connectivity index (χ1) is 7.63. The Hall–Kier alpha value is -2.24. The fourth-order valence-corrected chi connectivity index (χ4v) is 1.13. The lowest BCUT2D eigenvalue weighted by Gasteiger charge is -2.02. The Labute approximate surface area is 91.7 Å². The number of hydrogen-bond donors (Lipinski definition) is 0. The van der Waals surface area contributed by atoms with Crippen molar-refractivity contribution in [3.05, 3.63) is 46.4 Å². The largest absolute Gasteiger partial charge is 0.469 e. The Morgan fingerprint density at radius 2 is 2.44 bits per heavy atom. The lowest BCUT2D eigenvalue weighted by molar-refractivity contribution is -0.401. The van der Waals surface area contributed by atoms with Gasteiger partial charge in [-0.1, -0.05) is 6.07 Å². The van der Waals surface area contributed by atoms with Gasteiger partial charge in [-0.25, -0.2) is 0 Å². The number of pyridine rings is 1. The molecule has 0 aliphatic carbocycles. The van der Waals surface area contributed by atoms with Crippen LogP contribution in [0.1, 0.15) is 12.0 Å². The number of nitro groups is 1. The Morgan fingerprint density at radius 3 is 2.94 bits per heavy atom. The predicted octanol–water partition coefficient (Wildman–Crippen LogP) is 1.26. The molecule has 0 radical (unpaired) electrons. The summed E-state index contributed by atoms with van der Waals surface area (Å²) in [4.78, 5) is 24.7.